The largest absolute Gasteiger partial charge is 0.432 e. The zero-order valence-electron chi connectivity index (χ0n) is 8.73. The van der Waals surface area contributed by atoms with Gasteiger partial charge in [0.05, 0.1) is 0 Å². The van der Waals surface area contributed by atoms with E-state index in [2.05, 4.69) is 20.8 Å². The molecule has 0 unspecified atom stereocenters. The van der Waals surface area contributed by atoms with Crippen LogP contribution in [0.1, 0.15) is 27.7 Å². The summed E-state index contributed by atoms with van der Waals surface area (Å²) in [6.45, 7) is 12.8. The minimum atomic E-state index is -1.86. The topological polar surface area (TPSA) is 46.2 Å². The van der Waals surface area contributed by atoms with Crippen LogP contribution >= 0.6 is 0 Å². The highest BCUT2D eigenvalue weighted by Crippen LogP contribution is 2.33. The second-order valence-corrected chi connectivity index (χ2v) is 8.84. The molecule has 0 bridgehead atoms. The smallest absolute Gasteiger partial charge is 0.187 e. The Balaban J connectivity index is 0. The quantitative estimate of drug-likeness (QED) is 0.556. The van der Waals surface area contributed by atoms with Crippen LogP contribution in [0.2, 0.25) is 18.1 Å². The van der Waals surface area contributed by atoms with Crippen molar-refractivity contribution in [1.82, 2.24) is 0 Å². The van der Waals surface area contributed by atoms with Crippen LogP contribution in [-0.2, 0) is 0 Å². The Hall–Kier alpha value is 0.137. The predicted octanol–water partition coefficient (Wildman–Crippen LogP) is 1.95. The normalized spacial score (nSPS) is 12.0. The molecule has 0 aliphatic carbocycles. The first-order chi connectivity index (χ1) is 4.66. The maximum absolute atomic E-state index is 9.49. The Kier molecular flexibility index (Phi) is 6.11. The van der Waals surface area contributed by atoms with Crippen LogP contribution in [0, 0.1) is 0 Å². The van der Waals surface area contributed by atoms with Crippen LogP contribution in [0.4, 0.5) is 0 Å². The monoisotopic (exact) mass is 177 g/mol. The number of rotatable bonds is 0. The van der Waals surface area contributed by atoms with Crippen molar-refractivity contribution < 1.29 is 4.80 Å². The molecule has 0 aliphatic heterocycles. The number of hydrogen-bond donors (Lipinski definition) is 2. The van der Waals surface area contributed by atoms with Gasteiger partial charge in [0, 0.05) is 0 Å². The van der Waals surface area contributed by atoms with Crippen LogP contribution in [0.15, 0.2) is 0 Å². The maximum atomic E-state index is 9.49. The Morgan fingerprint density at radius 2 is 1.36 bits per heavy atom. The van der Waals surface area contributed by atoms with Gasteiger partial charge in [0.25, 0.3) is 0 Å². The molecule has 0 heterocycles. The molecule has 70 valence electrons. The van der Waals surface area contributed by atoms with Gasteiger partial charge in [0.1, 0.15) is 0 Å². The van der Waals surface area contributed by atoms with E-state index >= 15 is 0 Å². The van der Waals surface area contributed by atoms with Gasteiger partial charge in [-0.3, -0.25) is 0 Å². The average molecular weight is 177 g/mol. The molecule has 0 spiro atoms. The summed E-state index contributed by atoms with van der Waals surface area (Å²) >= 11 is 0. The molecule has 0 rings (SSSR count). The fraction of sp³-hybridized carbons (Fsp3) is 1.00. The fourth-order valence-electron chi connectivity index (χ4n) is 0. The maximum Gasteiger partial charge on any atom is 0.187 e. The van der Waals surface area contributed by atoms with E-state index in [9.17, 15) is 4.80 Å². The van der Waals surface area contributed by atoms with Crippen molar-refractivity contribution >= 4 is 8.32 Å². The third-order valence-corrected chi connectivity index (χ3v) is 5.51. The van der Waals surface area contributed by atoms with E-state index in [0.29, 0.717) is 0 Å². The highest BCUT2D eigenvalue weighted by molar-refractivity contribution is 6.72. The molecule has 0 aliphatic rings. The van der Waals surface area contributed by atoms with Gasteiger partial charge in [-0.15, -0.1) is 0 Å². The van der Waals surface area contributed by atoms with Crippen molar-refractivity contribution in [3.8, 4) is 0 Å². The highest BCUT2D eigenvalue weighted by atomic mass is 28.4. The lowest BCUT2D eigenvalue weighted by Gasteiger charge is -2.30. The van der Waals surface area contributed by atoms with E-state index < -0.39 is 8.32 Å². The molecule has 0 amide bonds. The Bertz CT molecular complexity index is 79.2. The summed E-state index contributed by atoms with van der Waals surface area (Å²) in [5.41, 5.74) is 4.85. The van der Waals surface area contributed by atoms with Gasteiger partial charge in [-0.1, -0.05) is 27.7 Å². The van der Waals surface area contributed by atoms with E-state index in [1.807, 2.05) is 20.0 Å². The molecule has 2 nitrogen and oxygen atoms in total. The molecule has 3 N–H and O–H groups in total. The molecule has 0 saturated carbocycles. The molecular weight excluding hydrogens is 154 g/mol. The lowest BCUT2D eigenvalue weighted by atomic mass is 10.2. The lowest BCUT2D eigenvalue weighted by molar-refractivity contribution is 0.487. The summed E-state index contributed by atoms with van der Waals surface area (Å²) in [7, 11) is -1.86. The first kappa shape index (κ1) is 13.7. The molecule has 11 heavy (non-hydrogen) atoms. The zero-order chi connectivity index (χ0) is 9.71. The number of nitrogens with two attached hydrogens (primary N) is 1. The molecular formula is C8H23NOSi. The van der Waals surface area contributed by atoms with Crippen molar-refractivity contribution in [3.05, 3.63) is 0 Å². The van der Waals surface area contributed by atoms with E-state index in [1.54, 1.807) is 0 Å². The standard InChI is InChI=1S/C6H16OSi.C2H7N/c1-6(2,3)8(4,5)7;1-2-3/h7H,1-5H3;2-3H2,1H3. The minimum absolute atomic E-state index is 0.132. The van der Waals surface area contributed by atoms with Crippen molar-refractivity contribution in [2.24, 2.45) is 5.73 Å². The van der Waals surface area contributed by atoms with Crippen LogP contribution in [0.25, 0.3) is 0 Å². The highest BCUT2D eigenvalue weighted by Gasteiger charge is 2.32. The Morgan fingerprint density at radius 3 is 1.36 bits per heavy atom. The molecule has 0 aromatic heterocycles. The van der Waals surface area contributed by atoms with E-state index in [1.165, 1.54) is 0 Å². The third-order valence-electron chi connectivity index (χ3n) is 1.84. The Labute approximate surface area is 71.9 Å². The molecule has 0 atom stereocenters. The Morgan fingerprint density at radius 1 is 1.27 bits per heavy atom. The van der Waals surface area contributed by atoms with Gasteiger partial charge in [0.15, 0.2) is 8.32 Å². The molecule has 0 fully saturated rings. The van der Waals surface area contributed by atoms with Crippen molar-refractivity contribution in [3.63, 3.8) is 0 Å². The van der Waals surface area contributed by atoms with Gasteiger partial charge in [-0.05, 0) is 24.7 Å². The summed E-state index contributed by atoms with van der Waals surface area (Å²) in [5.74, 6) is 0. The summed E-state index contributed by atoms with van der Waals surface area (Å²) < 4.78 is 0. The zero-order valence-corrected chi connectivity index (χ0v) is 9.73. The summed E-state index contributed by atoms with van der Waals surface area (Å²) in [6.07, 6.45) is 0. The van der Waals surface area contributed by atoms with Crippen molar-refractivity contribution in [1.29, 1.82) is 0 Å². The molecule has 0 saturated heterocycles. The molecule has 0 aromatic rings. The third kappa shape index (κ3) is 8.04. The SMILES string of the molecule is CC(C)(C)[Si](C)(C)O.CCN. The van der Waals surface area contributed by atoms with Crippen LogP contribution in [-0.4, -0.2) is 19.7 Å². The van der Waals surface area contributed by atoms with Gasteiger partial charge in [-0.25, -0.2) is 0 Å². The second kappa shape index (κ2) is 4.90. The molecule has 3 heteroatoms. The lowest BCUT2D eigenvalue weighted by Crippen LogP contribution is -2.36. The fourth-order valence-corrected chi connectivity index (χ4v) is 0. The van der Waals surface area contributed by atoms with Crippen molar-refractivity contribution in [2.45, 2.75) is 45.8 Å². The van der Waals surface area contributed by atoms with E-state index in [-0.39, 0.29) is 5.04 Å². The molecule has 0 radical (unpaired) electrons. The van der Waals surface area contributed by atoms with Crippen LogP contribution < -0.4 is 5.73 Å². The average Bonchev–Trinajstić information content (AvgIpc) is 1.60. The first-order valence-corrected chi connectivity index (χ1v) is 7.04. The van der Waals surface area contributed by atoms with Crippen molar-refractivity contribution in [2.75, 3.05) is 6.54 Å². The van der Waals surface area contributed by atoms with Gasteiger partial charge in [0.2, 0.25) is 0 Å². The predicted molar refractivity (Wildman–Crippen MR) is 54.1 cm³/mol. The van der Waals surface area contributed by atoms with E-state index in [0.717, 1.165) is 6.54 Å². The van der Waals surface area contributed by atoms with E-state index in [4.69, 9.17) is 5.73 Å². The summed E-state index contributed by atoms with van der Waals surface area (Å²) in [4.78, 5) is 9.49. The summed E-state index contributed by atoms with van der Waals surface area (Å²) in [6, 6.07) is 0. The van der Waals surface area contributed by atoms with Gasteiger partial charge < -0.3 is 10.5 Å². The van der Waals surface area contributed by atoms with Gasteiger partial charge in [-0.2, -0.15) is 0 Å². The second-order valence-electron chi connectivity index (χ2n) is 4.22. The summed E-state index contributed by atoms with van der Waals surface area (Å²) in [5, 5.41) is 0.132. The van der Waals surface area contributed by atoms with Crippen LogP contribution in [0.5, 0.6) is 0 Å². The van der Waals surface area contributed by atoms with Gasteiger partial charge >= 0.3 is 0 Å². The number of hydrogen-bond acceptors (Lipinski definition) is 2. The minimum Gasteiger partial charge on any atom is -0.432 e. The first-order valence-electron chi connectivity index (χ1n) is 4.09. The van der Waals surface area contributed by atoms with Crippen LogP contribution in [0.3, 0.4) is 0 Å². The molecule has 0 aromatic carbocycles.